The molecule has 1 aromatic heterocycles. The van der Waals surface area contributed by atoms with Gasteiger partial charge >= 0.3 is 5.97 Å². The van der Waals surface area contributed by atoms with Crippen molar-refractivity contribution in [1.29, 1.82) is 0 Å². The van der Waals surface area contributed by atoms with Gasteiger partial charge < -0.3 is 14.8 Å². The molecule has 0 aliphatic rings. The van der Waals surface area contributed by atoms with Crippen molar-refractivity contribution in [2.24, 2.45) is 0 Å². The zero-order valence-electron chi connectivity index (χ0n) is 13.9. The number of rotatable bonds is 7. The molecular formula is C18H16BrFN2O4. The highest BCUT2D eigenvalue weighted by molar-refractivity contribution is 9.10. The Morgan fingerprint density at radius 1 is 1.31 bits per heavy atom. The summed E-state index contributed by atoms with van der Waals surface area (Å²) in [6.45, 7) is 0.162. The highest BCUT2D eigenvalue weighted by Crippen LogP contribution is 2.18. The number of nitrogens with one attached hydrogen (secondary N) is 1. The summed E-state index contributed by atoms with van der Waals surface area (Å²) in [6.07, 6.45) is 5.61. The van der Waals surface area contributed by atoms with Crippen LogP contribution in [0.5, 0.6) is 5.75 Å². The van der Waals surface area contributed by atoms with E-state index in [1.54, 1.807) is 18.3 Å². The summed E-state index contributed by atoms with van der Waals surface area (Å²) in [4.78, 5) is 27.4. The Morgan fingerprint density at radius 2 is 2.12 bits per heavy atom. The van der Waals surface area contributed by atoms with Crippen molar-refractivity contribution in [3.8, 4) is 5.75 Å². The maximum Gasteiger partial charge on any atom is 0.330 e. The van der Waals surface area contributed by atoms with Gasteiger partial charge in [-0.05, 0) is 45.8 Å². The van der Waals surface area contributed by atoms with E-state index in [0.29, 0.717) is 15.6 Å². The lowest BCUT2D eigenvalue weighted by Gasteiger charge is -2.05. The number of aromatic nitrogens is 1. The van der Waals surface area contributed by atoms with Crippen molar-refractivity contribution in [3.63, 3.8) is 0 Å². The van der Waals surface area contributed by atoms with E-state index in [9.17, 15) is 14.0 Å². The zero-order chi connectivity index (χ0) is 18.9. The monoisotopic (exact) mass is 422 g/mol. The number of pyridine rings is 1. The normalized spacial score (nSPS) is 10.6. The first-order valence-corrected chi connectivity index (χ1v) is 8.36. The summed E-state index contributed by atoms with van der Waals surface area (Å²) in [6, 6.07) is 5.95. The van der Waals surface area contributed by atoms with Gasteiger partial charge in [0.15, 0.2) is 11.6 Å². The van der Waals surface area contributed by atoms with Crippen molar-refractivity contribution in [2.75, 3.05) is 20.3 Å². The van der Waals surface area contributed by atoms with E-state index < -0.39 is 11.8 Å². The minimum atomic E-state index is -0.598. The molecule has 8 heteroatoms. The van der Waals surface area contributed by atoms with Gasteiger partial charge in [-0.15, -0.1) is 0 Å². The number of esters is 1. The highest BCUT2D eigenvalue weighted by atomic mass is 79.9. The second kappa shape index (κ2) is 9.67. The Labute approximate surface area is 158 Å². The number of methoxy groups -OCH3 is 1. The van der Waals surface area contributed by atoms with E-state index in [2.05, 4.69) is 26.2 Å². The van der Waals surface area contributed by atoms with Crippen molar-refractivity contribution < 1.29 is 23.5 Å². The largest absolute Gasteiger partial charge is 0.494 e. The van der Waals surface area contributed by atoms with Crippen molar-refractivity contribution in [2.45, 2.75) is 0 Å². The number of halogens is 2. The topological polar surface area (TPSA) is 77.5 Å². The van der Waals surface area contributed by atoms with Crippen molar-refractivity contribution >= 4 is 33.9 Å². The second-order valence-corrected chi connectivity index (χ2v) is 5.96. The van der Waals surface area contributed by atoms with Crippen LogP contribution in [0.3, 0.4) is 0 Å². The maximum absolute atomic E-state index is 13.5. The van der Waals surface area contributed by atoms with Crippen molar-refractivity contribution in [1.82, 2.24) is 10.3 Å². The van der Waals surface area contributed by atoms with Crippen LogP contribution in [-0.4, -0.2) is 37.1 Å². The number of carbonyl (C=O) groups excluding carboxylic acids is 2. The van der Waals surface area contributed by atoms with Gasteiger partial charge in [0.05, 0.1) is 19.2 Å². The van der Waals surface area contributed by atoms with Crippen LogP contribution >= 0.6 is 15.9 Å². The molecule has 136 valence electrons. The Kier molecular flexibility index (Phi) is 7.28. The van der Waals surface area contributed by atoms with Crippen LogP contribution in [0.15, 0.2) is 47.2 Å². The van der Waals surface area contributed by atoms with Gasteiger partial charge in [0.25, 0.3) is 5.91 Å². The van der Waals surface area contributed by atoms with E-state index in [0.717, 1.165) is 0 Å². The molecule has 2 aromatic rings. The summed E-state index contributed by atoms with van der Waals surface area (Å²) in [5, 5.41) is 2.61. The average molecular weight is 423 g/mol. The Balaban J connectivity index is 1.75. The van der Waals surface area contributed by atoms with E-state index in [1.165, 1.54) is 37.6 Å². The maximum atomic E-state index is 13.5. The molecule has 6 nitrogen and oxygen atoms in total. The van der Waals surface area contributed by atoms with Crippen LogP contribution in [0.25, 0.3) is 6.08 Å². The van der Waals surface area contributed by atoms with Crippen LogP contribution in [0, 0.1) is 5.82 Å². The van der Waals surface area contributed by atoms with Crippen LogP contribution < -0.4 is 10.1 Å². The summed E-state index contributed by atoms with van der Waals surface area (Å²) in [7, 11) is 1.37. The molecule has 0 bridgehead atoms. The fourth-order valence-corrected chi connectivity index (χ4v) is 2.32. The first-order chi connectivity index (χ1) is 12.5. The number of carbonyl (C=O) groups is 2. The van der Waals surface area contributed by atoms with Gasteiger partial charge in [0.1, 0.15) is 6.61 Å². The number of benzene rings is 1. The van der Waals surface area contributed by atoms with Crippen LogP contribution in [0.1, 0.15) is 15.9 Å². The summed E-state index contributed by atoms with van der Waals surface area (Å²) >= 11 is 3.23. The Morgan fingerprint density at radius 3 is 2.81 bits per heavy atom. The van der Waals surface area contributed by atoms with E-state index in [4.69, 9.17) is 9.47 Å². The predicted molar refractivity (Wildman–Crippen MR) is 97.2 cm³/mol. The molecule has 1 aromatic carbocycles. The molecule has 1 amide bonds. The predicted octanol–water partition coefficient (Wildman–Crippen LogP) is 2.98. The molecule has 0 spiro atoms. The molecule has 1 N–H and O–H groups in total. The molecular weight excluding hydrogens is 407 g/mol. The molecule has 0 radical (unpaired) electrons. The molecule has 0 saturated carbocycles. The third-order valence-electron chi connectivity index (χ3n) is 3.19. The van der Waals surface area contributed by atoms with Gasteiger partial charge in [-0.2, -0.15) is 0 Å². The highest BCUT2D eigenvalue weighted by Gasteiger charge is 2.06. The lowest BCUT2D eigenvalue weighted by molar-refractivity contribution is -0.137. The first-order valence-electron chi connectivity index (χ1n) is 7.56. The lowest BCUT2D eigenvalue weighted by Crippen LogP contribution is -2.27. The molecule has 0 fully saturated rings. The summed E-state index contributed by atoms with van der Waals surface area (Å²) < 4.78 is 24.0. The molecule has 26 heavy (non-hydrogen) atoms. The van der Waals surface area contributed by atoms with Crippen LogP contribution in [0.4, 0.5) is 4.39 Å². The van der Waals surface area contributed by atoms with Gasteiger partial charge in [0.2, 0.25) is 0 Å². The van der Waals surface area contributed by atoms with Crippen LogP contribution in [0.2, 0.25) is 0 Å². The Hall–Kier alpha value is -2.74. The number of hydrogen-bond donors (Lipinski definition) is 1. The fourth-order valence-electron chi connectivity index (χ4n) is 1.95. The van der Waals surface area contributed by atoms with E-state index in [-0.39, 0.29) is 24.8 Å². The molecule has 1 heterocycles. The third-order valence-corrected chi connectivity index (χ3v) is 3.62. The van der Waals surface area contributed by atoms with Gasteiger partial charge in [-0.1, -0.05) is 6.07 Å². The van der Waals surface area contributed by atoms with E-state index >= 15 is 0 Å². The summed E-state index contributed by atoms with van der Waals surface area (Å²) in [5.41, 5.74) is 0.892. The van der Waals surface area contributed by atoms with E-state index in [1.807, 2.05) is 0 Å². The average Bonchev–Trinajstić information content (AvgIpc) is 2.63. The van der Waals surface area contributed by atoms with Crippen LogP contribution in [-0.2, 0) is 9.53 Å². The number of hydrogen-bond acceptors (Lipinski definition) is 5. The lowest BCUT2D eigenvalue weighted by atomic mass is 10.2. The minimum absolute atomic E-state index is 0.00726. The van der Waals surface area contributed by atoms with Gasteiger partial charge in [-0.25, -0.2) is 9.18 Å². The minimum Gasteiger partial charge on any atom is -0.494 e. The first kappa shape index (κ1) is 19.6. The molecule has 2 rings (SSSR count). The molecule has 0 aliphatic heterocycles. The number of nitrogens with zero attached hydrogens (tertiary/aromatic N) is 1. The SMILES string of the molecule is COc1ccc(/C=C/C(=O)OCCNC(=O)c2cncc(Br)c2)cc1F. The smallest absolute Gasteiger partial charge is 0.330 e. The second-order valence-electron chi connectivity index (χ2n) is 5.04. The standard InChI is InChI=1S/C18H16BrFN2O4/c1-25-16-4-2-12(8-15(16)20)3-5-17(23)26-7-6-22-18(24)13-9-14(19)11-21-10-13/h2-5,8-11H,6-7H2,1H3,(H,22,24)/b5-3+. The molecule has 0 aliphatic carbocycles. The Bertz CT molecular complexity index is 827. The van der Waals surface area contributed by atoms with Gasteiger partial charge in [0, 0.05) is 22.9 Å². The summed E-state index contributed by atoms with van der Waals surface area (Å²) in [5.74, 6) is -1.31. The quantitative estimate of drug-likeness (QED) is 0.421. The fraction of sp³-hybridized carbons (Fsp3) is 0.167. The third kappa shape index (κ3) is 5.96. The number of ether oxygens (including phenoxy) is 2. The molecule has 0 atom stereocenters. The zero-order valence-corrected chi connectivity index (χ0v) is 15.5. The van der Waals surface area contributed by atoms with Crippen molar-refractivity contribution in [3.05, 3.63) is 64.2 Å². The number of amides is 1. The van der Waals surface area contributed by atoms with Gasteiger partial charge in [-0.3, -0.25) is 9.78 Å². The molecule has 0 saturated heterocycles. The molecule has 0 unspecified atom stereocenters.